The average molecular weight is 563 g/mol. The second kappa shape index (κ2) is 12.1. The predicted molar refractivity (Wildman–Crippen MR) is 186 cm³/mol. The van der Waals surface area contributed by atoms with Crippen LogP contribution in [0, 0.1) is 6.92 Å². The lowest BCUT2D eigenvalue weighted by Crippen LogP contribution is -1.95. The molecule has 43 heavy (non-hydrogen) atoms. The summed E-state index contributed by atoms with van der Waals surface area (Å²) in [6, 6.07) is 38.7. The third-order valence-corrected chi connectivity index (χ3v) is 8.21. The molecule has 0 aliphatic carbocycles. The molecule has 214 valence electrons. The second-order valence-electron chi connectivity index (χ2n) is 10.7. The molecule has 0 aliphatic rings. The maximum absolute atomic E-state index is 5.65. The molecule has 0 amide bonds. The number of aryl methyl sites for hydroxylation is 2. The van der Waals surface area contributed by atoms with Crippen LogP contribution >= 0.6 is 0 Å². The standard InChI is InChI=1S/C26H20N2.C12H12O.C2H6/c1-28-24-15-5-3-10-19(24)20-12-6-9-18(26(20)28)16-17-8-7-14-23-25(17)21-11-2-4-13-22(21)27-23;1-3-6-11-9(2)10-7-4-5-8-12(10)13-11;1-2/h2-15,27H,16H2,1H3;3-8H,1-2H3;1-2H3/b;6-3-;. The molecule has 0 fully saturated rings. The molecular formula is C40H38N2O. The molecule has 0 spiro atoms. The van der Waals surface area contributed by atoms with E-state index in [0.717, 1.165) is 17.8 Å². The number of para-hydroxylation sites is 4. The Hall–Kier alpha value is -5.02. The highest BCUT2D eigenvalue weighted by atomic mass is 16.3. The van der Waals surface area contributed by atoms with Crippen LogP contribution in [0.1, 0.15) is 43.2 Å². The van der Waals surface area contributed by atoms with Crippen LogP contribution < -0.4 is 0 Å². The van der Waals surface area contributed by atoms with Crippen molar-refractivity contribution in [2.24, 2.45) is 7.05 Å². The molecule has 0 saturated carbocycles. The quantitative estimate of drug-likeness (QED) is 0.228. The predicted octanol–water partition coefficient (Wildman–Crippen LogP) is 11.4. The van der Waals surface area contributed by atoms with Gasteiger partial charge in [0.1, 0.15) is 11.3 Å². The summed E-state index contributed by atoms with van der Waals surface area (Å²) in [7, 11) is 2.18. The molecule has 1 N–H and O–H groups in total. The van der Waals surface area contributed by atoms with Crippen molar-refractivity contribution in [3.63, 3.8) is 0 Å². The minimum Gasteiger partial charge on any atom is -0.456 e. The van der Waals surface area contributed by atoms with E-state index in [4.69, 9.17) is 4.42 Å². The molecule has 3 aromatic heterocycles. The van der Waals surface area contributed by atoms with Gasteiger partial charge in [-0.25, -0.2) is 0 Å². The van der Waals surface area contributed by atoms with Gasteiger partial charge in [-0.05, 0) is 55.3 Å². The summed E-state index contributed by atoms with van der Waals surface area (Å²) in [5, 5.41) is 6.51. The summed E-state index contributed by atoms with van der Waals surface area (Å²) in [6.45, 7) is 8.08. The number of rotatable bonds is 3. The molecule has 3 heteroatoms. The van der Waals surface area contributed by atoms with Gasteiger partial charge in [0.25, 0.3) is 0 Å². The van der Waals surface area contributed by atoms with Gasteiger partial charge in [-0.15, -0.1) is 0 Å². The summed E-state index contributed by atoms with van der Waals surface area (Å²) < 4.78 is 8.00. The number of H-pyrrole nitrogens is 1. The lowest BCUT2D eigenvalue weighted by Gasteiger charge is -2.09. The van der Waals surface area contributed by atoms with E-state index >= 15 is 0 Å². The van der Waals surface area contributed by atoms with Crippen LogP contribution in [0.2, 0.25) is 0 Å². The Labute approximate surface area is 253 Å². The van der Waals surface area contributed by atoms with Gasteiger partial charge in [0.2, 0.25) is 0 Å². The van der Waals surface area contributed by atoms with Gasteiger partial charge in [-0.3, -0.25) is 0 Å². The van der Waals surface area contributed by atoms with E-state index in [-0.39, 0.29) is 0 Å². The third-order valence-electron chi connectivity index (χ3n) is 8.21. The molecule has 0 saturated heterocycles. The Kier molecular flexibility index (Phi) is 7.89. The van der Waals surface area contributed by atoms with E-state index in [0.29, 0.717) is 0 Å². The molecule has 0 radical (unpaired) electrons. The first-order valence-electron chi connectivity index (χ1n) is 15.2. The van der Waals surface area contributed by atoms with Gasteiger partial charge in [-0.1, -0.05) is 105 Å². The van der Waals surface area contributed by atoms with Crippen molar-refractivity contribution in [3.8, 4) is 0 Å². The second-order valence-corrected chi connectivity index (χ2v) is 10.7. The highest BCUT2D eigenvalue weighted by molar-refractivity contribution is 6.11. The lowest BCUT2D eigenvalue weighted by molar-refractivity contribution is 0.601. The molecule has 0 unspecified atom stereocenters. The fourth-order valence-corrected chi connectivity index (χ4v) is 6.30. The maximum Gasteiger partial charge on any atom is 0.135 e. The van der Waals surface area contributed by atoms with E-state index in [9.17, 15) is 0 Å². The molecule has 0 atom stereocenters. The third kappa shape index (κ3) is 5.02. The number of allylic oxidation sites excluding steroid dienone is 1. The number of aromatic nitrogens is 2. The zero-order chi connectivity index (χ0) is 29.9. The van der Waals surface area contributed by atoms with E-state index in [2.05, 4.69) is 115 Å². The molecule has 0 bridgehead atoms. The maximum atomic E-state index is 5.65. The van der Waals surface area contributed by atoms with E-state index in [1.54, 1.807) is 0 Å². The summed E-state index contributed by atoms with van der Waals surface area (Å²) in [4.78, 5) is 3.57. The molecule has 0 aliphatic heterocycles. The first kappa shape index (κ1) is 28.1. The van der Waals surface area contributed by atoms with Gasteiger partial charge >= 0.3 is 0 Å². The van der Waals surface area contributed by atoms with Gasteiger partial charge in [0.05, 0.1) is 5.52 Å². The van der Waals surface area contributed by atoms with Crippen LogP contribution in [0.15, 0.2) is 120 Å². The number of aromatic amines is 1. The zero-order valence-corrected chi connectivity index (χ0v) is 25.6. The topological polar surface area (TPSA) is 33.9 Å². The Morgan fingerprint density at radius 3 is 2.09 bits per heavy atom. The lowest BCUT2D eigenvalue weighted by atomic mass is 9.98. The molecule has 3 heterocycles. The molecule has 5 aromatic carbocycles. The fourth-order valence-electron chi connectivity index (χ4n) is 6.30. The summed E-state index contributed by atoms with van der Waals surface area (Å²) in [5.41, 5.74) is 9.95. The average Bonchev–Trinajstić information content (AvgIpc) is 3.69. The Bertz CT molecular complexity index is 2220. The monoisotopic (exact) mass is 562 g/mol. The number of furan rings is 1. The first-order chi connectivity index (χ1) is 21.1. The molecular weight excluding hydrogens is 524 g/mol. The number of benzene rings is 5. The number of hydrogen-bond acceptors (Lipinski definition) is 1. The van der Waals surface area contributed by atoms with Crippen LogP contribution in [-0.2, 0) is 13.5 Å². The minimum atomic E-state index is 0.917. The summed E-state index contributed by atoms with van der Waals surface area (Å²) in [6.07, 6.45) is 4.90. The summed E-state index contributed by atoms with van der Waals surface area (Å²) in [5.74, 6) is 0.962. The molecule has 8 aromatic rings. The van der Waals surface area contributed by atoms with Crippen molar-refractivity contribution in [1.29, 1.82) is 0 Å². The highest BCUT2D eigenvalue weighted by Crippen LogP contribution is 2.34. The van der Waals surface area contributed by atoms with E-state index in [1.807, 2.05) is 51.1 Å². The molecule has 3 nitrogen and oxygen atoms in total. The fraction of sp³-hybridized carbons (Fsp3) is 0.150. The largest absolute Gasteiger partial charge is 0.456 e. The first-order valence-corrected chi connectivity index (χ1v) is 15.2. The zero-order valence-electron chi connectivity index (χ0n) is 25.6. The Balaban J connectivity index is 0.000000185. The van der Waals surface area contributed by atoms with Crippen molar-refractivity contribution in [2.75, 3.05) is 0 Å². The van der Waals surface area contributed by atoms with Gasteiger partial charge in [0.15, 0.2) is 0 Å². The van der Waals surface area contributed by atoms with E-state index in [1.165, 1.54) is 65.7 Å². The highest BCUT2D eigenvalue weighted by Gasteiger charge is 2.14. The minimum absolute atomic E-state index is 0.917. The number of nitrogens with zero attached hydrogens (tertiary/aromatic N) is 1. The normalized spacial score (nSPS) is 11.4. The van der Waals surface area contributed by atoms with Crippen molar-refractivity contribution < 1.29 is 4.42 Å². The Morgan fingerprint density at radius 1 is 0.674 bits per heavy atom. The van der Waals surface area contributed by atoms with Crippen molar-refractivity contribution in [1.82, 2.24) is 9.55 Å². The van der Waals surface area contributed by atoms with Gasteiger partial charge in [-0.2, -0.15) is 0 Å². The van der Waals surface area contributed by atoms with Crippen LogP contribution in [0.5, 0.6) is 0 Å². The van der Waals surface area contributed by atoms with Crippen molar-refractivity contribution in [3.05, 3.63) is 138 Å². The van der Waals surface area contributed by atoms with Gasteiger partial charge in [0, 0.05) is 62.5 Å². The van der Waals surface area contributed by atoms with Crippen LogP contribution in [0.3, 0.4) is 0 Å². The van der Waals surface area contributed by atoms with Crippen molar-refractivity contribution >= 4 is 60.7 Å². The van der Waals surface area contributed by atoms with Crippen LogP contribution in [-0.4, -0.2) is 9.55 Å². The SMILES string of the molecule is C/C=C\c1oc2ccccc2c1C.CC.Cn1c2ccccc2c2cccc(Cc3cccc4[nH]c5ccccc5c34)c21. The number of hydrogen-bond donors (Lipinski definition) is 1. The Morgan fingerprint density at radius 2 is 1.30 bits per heavy atom. The van der Waals surface area contributed by atoms with E-state index < -0.39 is 0 Å². The number of nitrogens with one attached hydrogen (secondary N) is 1. The smallest absolute Gasteiger partial charge is 0.135 e. The molecule has 8 rings (SSSR count). The van der Waals surface area contributed by atoms with Crippen LogP contribution in [0.25, 0.3) is 60.7 Å². The van der Waals surface area contributed by atoms with Gasteiger partial charge < -0.3 is 14.0 Å². The van der Waals surface area contributed by atoms with Crippen molar-refractivity contribution in [2.45, 2.75) is 34.1 Å². The van der Waals surface area contributed by atoms with Crippen LogP contribution in [0.4, 0.5) is 0 Å². The summed E-state index contributed by atoms with van der Waals surface area (Å²) >= 11 is 0. The number of fused-ring (bicyclic) bond motifs is 7.